The number of hydrogen-bond donors (Lipinski definition) is 3. The summed E-state index contributed by atoms with van der Waals surface area (Å²) in [5.74, 6) is 1.40. The smallest absolute Gasteiger partial charge is 0.274 e. The van der Waals surface area contributed by atoms with Crippen molar-refractivity contribution in [2.45, 2.75) is 45.7 Å². The first-order chi connectivity index (χ1) is 14.4. The van der Waals surface area contributed by atoms with E-state index < -0.39 is 0 Å². The number of pyridine rings is 1. The molecule has 9 heteroatoms. The molecule has 1 fully saturated rings. The fraction of sp³-hybridized carbons (Fsp3) is 0.429. The Morgan fingerprint density at radius 2 is 2.10 bits per heavy atom. The number of nitrogens with zero attached hydrogens (tertiary/aromatic N) is 4. The fourth-order valence-corrected chi connectivity index (χ4v) is 3.64. The van der Waals surface area contributed by atoms with Crippen molar-refractivity contribution < 1.29 is 4.79 Å². The summed E-state index contributed by atoms with van der Waals surface area (Å²) in [5, 5.41) is 13.6. The van der Waals surface area contributed by atoms with Crippen LogP contribution in [0, 0.1) is 5.92 Å². The number of amides is 1. The van der Waals surface area contributed by atoms with E-state index in [0.717, 1.165) is 12.8 Å². The Bertz CT molecular complexity index is 1150. The van der Waals surface area contributed by atoms with Crippen LogP contribution in [0.2, 0.25) is 0 Å². The van der Waals surface area contributed by atoms with Gasteiger partial charge in [0.05, 0.1) is 6.20 Å². The predicted molar refractivity (Wildman–Crippen MR) is 117 cm³/mol. The third-order valence-electron chi connectivity index (χ3n) is 5.70. The molecular weight excluding hydrogens is 382 g/mol. The lowest BCUT2D eigenvalue weighted by molar-refractivity contribution is 0.0886. The fourth-order valence-electron chi connectivity index (χ4n) is 3.64. The van der Waals surface area contributed by atoms with Gasteiger partial charge in [0.25, 0.3) is 11.5 Å². The summed E-state index contributed by atoms with van der Waals surface area (Å²) in [6, 6.07) is 5.52. The number of nitrogens with one attached hydrogen (secondary N) is 3. The van der Waals surface area contributed by atoms with Crippen molar-refractivity contribution in [3.63, 3.8) is 0 Å². The maximum Gasteiger partial charge on any atom is 0.274 e. The summed E-state index contributed by atoms with van der Waals surface area (Å²) < 4.78 is 3.24. The molecule has 3 aromatic rings. The van der Waals surface area contributed by atoms with Crippen LogP contribution >= 0.6 is 0 Å². The molecule has 1 saturated carbocycles. The highest BCUT2D eigenvalue weighted by Gasteiger charge is 2.29. The average Bonchev–Trinajstić information content (AvgIpc) is 3.15. The van der Waals surface area contributed by atoms with Gasteiger partial charge in [0.2, 0.25) is 0 Å². The quantitative estimate of drug-likeness (QED) is 0.578. The minimum Gasteiger partial charge on any atom is -0.373 e. The van der Waals surface area contributed by atoms with Gasteiger partial charge in [0, 0.05) is 31.4 Å². The van der Waals surface area contributed by atoms with Gasteiger partial charge in [-0.25, -0.2) is 4.98 Å². The SMILES string of the molecule is CNc1cc(Nc2cccn(C(C)C)c2=O)nc2c(C(=O)N[C@H]3CC[C@H]3C)cnn12. The third kappa shape index (κ3) is 3.51. The predicted octanol–water partition coefficient (Wildman–Crippen LogP) is 2.79. The van der Waals surface area contributed by atoms with E-state index in [4.69, 9.17) is 0 Å². The monoisotopic (exact) mass is 409 g/mol. The summed E-state index contributed by atoms with van der Waals surface area (Å²) in [5.41, 5.74) is 1.11. The topological polar surface area (TPSA) is 105 Å². The molecule has 1 aliphatic rings. The summed E-state index contributed by atoms with van der Waals surface area (Å²) in [6.07, 6.45) is 5.40. The van der Waals surface area contributed by atoms with Crippen molar-refractivity contribution in [1.82, 2.24) is 24.5 Å². The normalized spacial score (nSPS) is 18.3. The van der Waals surface area contributed by atoms with E-state index in [1.54, 1.807) is 34.5 Å². The minimum absolute atomic E-state index is 0.0431. The van der Waals surface area contributed by atoms with Crippen LogP contribution in [-0.4, -0.2) is 38.2 Å². The van der Waals surface area contributed by atoms with Gasteiger partial charge in [0.1, 0.15) is 22.9 Å². The lowest BCUT2D eigenvalue weighted by Gasteiger charge is -2.34. The van der Waals surface area contributed by atoms with E-state index >= 15 is 0 Å². The number of carbonyl (C=O) groups is 1. The molecule has 0 spiro atoms. The summed E-state index contributed by atoms with van der Waals surface area (Å²) in [6.45, 7) is 6.04. The Balaban J connectivity index is 1.70. The highest BCUT2D eigenvalue weighted by Crippen LogP contribution is 2.27. The Morgan fingerprint density at radius 1 is 1.30 bits per heavy atom. The zero-order valence-electron chi connectivity index (χ0n) is 17.6. The second-order valence-electron chi connectivity index (χ2n) is 8.06. The number of hydrogen-bond acceptors (Lipinski definition) is 6. The molecule has 0 saturated heterocycles. The second-order valence-corrected chi connectivity index (χ2v) is 8.06. The zero-order chi connectivity index (χ0) is 21.4. The number of aromatic nitrogens is 4. The minimum atomic E-state index is -0.185. The first-order valence-electron chi connectivity index (χ1n) is 10.2. The number of rotatable bonds is 6. The molecule has 0 bridgehead atoms. The maximum absolute atomic E-state index is 12.8. The van der Waals surface area contributed by atoms with Gasteiger partial charge < -0.3 is 20.5 Å². The first-order valence-corrected chi connectivity index (χ1v) is 10.2. The van der Waals surface area contributed by atoms with Crippen LogP contribution in [0.15, 0.2) is 35.4 Å². The molecule has 0 aromatic carbocycles. The summed E-state index contributed by atoms with van der Waals surface area (Å²) >= 11 is 0. The average molecular weight is 409 g/mol. The Kier molecular flexibility index (Phi) is 5.19. The molecule has 1 amide bonds. The summed E-state index contributed by atoms with van der Waals surface area (Å²) in [7, 11) is 1.77. The Morgan fingerprint density at radius 3 is 2.73 bits per heavy atom. The molecule has 158 valence electrons. The van der Waals surface area contributed by atoms with Gasteiger partial charge in [-0.05, 0) is 44.7 Å². The van der Waals surface area contributed by atoms with E-state index in [0.29, 0.717) is 34.5 Å². The van der Waals surface area contributed by atoms with E-state index in [-0.39, 0.29) is 23.6 Å². The van der Waals surface area contributed by atoms with E-state index in [1.165, 1.54) is 6.20 Å². The van der Waals surface area contributed by atoms with Crippen molar-refractivity contribution in [2.24, 2.45) is 5.92 Å². The summed E-state index contributed by atoms with van der Waals surface area (Å²) in [4.78, 5) is 30.1. The molecule has 3 heterocycles. The van der Waals surface area contributed by atoms with Crippen molar-refractivity contribution >= 4 is 28.9 Å². The number of anilines is 3. The van der Waals surface area contributed by atoms with Gasteiger partial charge >= 0.3 is 0 Å². The van der Waals surface area contributed by atoms with Crippen LogP contribution in [0.5, 0.6) is 0 Å². The largest absolute Gasteiger partial charge is 0.373 e. The standard InChI is InChI=1S/C21H27N7O2/c1-12(2)27-9-5-6-16(21(27)30)24-17-10-18(22-4)28-19(26-17)14(11-23-28)20(29)25-15-8-7-13(15)3/h5-6,9-13,15,22H,7-8H2,1-4H3,(H,24,26)(H,25,29)/t13-,15+/m1/s1. The van der Waals surface area contributed by atoms with Gasteiger partial charge in [-0.3, -0.25) is 9.59 Å². The molecule has 4 rings (SSSR count). The molecule has 2 atom stereocenters. The van der Waals surface area contributed by atoms with Crippen molar-refractivity contribution in [1.29, 1.82) is 0 Å². The van der Waals surface area contributed by atoms with Crippen LogP contribution in [0.4, 0.5) is 17.3 Å². The number of carbonyl (C=O) groups excluding carboxylic acids is 1. The van der Waals surface area contributed by atoms with Crippen molar-refractivity contribution in [3.05, 3.63) is 46.5 Å². The van der Waals surface area contributed by atoms with Crippen molar-refractivity contribution in [3.8, 4) is 0 Å². The molecule has 0 radical (unpaired) electrons. The highest BCUT2D eigenvalue weighted by molar-refractivity contribution is 6.00. The molecule has 3 aromatic heterocycles. The van der Waals surface area contributed by atoms with Crippen LogP contribution in [0.3, 0.4) is 0 Å². The zero-order valence-corrected chi connectivity index (χ0v) is 17.6. The van der Waals surface area contributed by atoms with Gasteiger partial charge in [-0.1, -0.05) is 6.92 Å². The van der Waals surface area contributed by atoms with E-state index in [2.05, 4.69) is 33.0 Å². The molecule has 30 heavy (non-hydrogen) atoms. The lowest BCUT2D eigenvalue weighted by Crippen LogP contribution is -2.45. The van der Waals surface area contributed by atoms with Crippen LogP contribution in [0.1, 0.15) is 50.0 Å². The Hall–Kier alpha value is -3.36. The lowest BCUT2D eigenvalue weighted by atomic mass is 9.81. The molecular formula is C21H27N7O2. The molecule has 9 nitrogen and oxygen atoms in total. The molecule has 0 aliphatic heterocycles. The second kappa shape index (κ2) is 7.81. The Labute approximate surface area is 174 Å². The van der Waals surface area contributed by atoms with Gasteiger partial charge in [-0.2, -0.15) is 9.61 Å². The highest BCUT2D eigenvalue weighted by atomic mass is 16.2. The van der Waals surface area contributed by atoms with Crippen LogP contribution in [0.25, 0.3) is 5.65 Å². The molecule has 0 unspecified atom stereocenters. The van der Waals surface area contributed by atoms with Crippen LogP contribution in [-0.2, 0) is 0 Å². The molecule has 1 aliphatic carbocycles. The van der Waals surface area contributed by atoms with Gasteiger partial charge in [0.15, 0.2) is 5.65 Å². The third-order valence-corrected chi connectivity index (χ3v) is 5.70. The van der Waals surface area contributed by atoms with E-state index in [1.807, 2.05) is 19.9 Å². The van der Waals surface area contributed by atoms with Gasteiger partial charge in [-0.15, -0.1) is 0 Å². The maximum atomic E-state index is 12.8. The number of fused-ring (bicyclic) bond motifs is 1. The first kappa shape index (κ1) is 19.9. The van der Waals surface area contributed by atoms with Crippen LogP contribution < -0.4 is 21.5 Å². The van der Waals surface area contributed by atoms with Crippen molar-refractivity contribution in [2.75, 3.05) is 17.7 Å². The van der Waals surface area contributed by atoms with E-state index in [9.17, 15) is 9.59 Å². The molecule has 3 N–H and O–H groups in total.